The van der Waals surface area contributed by atoms with E-state index < -0.39 is 0 Å². The highest BCUT2D eigenvalue weighted by atomic mass is 16.5. The van der Waals surface area contributed by atoms with Crippen LogP contribution in [0.5, 0.6) is 0 Å². The molecule has 0 aromatic carbocycles. The van der Waals surface area contributed by atoms with Crippen molar-refractivity contribution in [3.63, 3.8) is 0 Å². The molecule has 0 saturated heterocycles. The van der Waals surface area contributed by atoms with E-state index in [1.165, 1.54) is 5.56 Å². The Labute approximate surface area is 62.2 Å². The van der Waals surface area contributed by atoms with E-state index in [2.05, 4.69) is 12.1 Å². The lowest BCUT2D eigenvalue weighted by atomic mass is 10.2. The van der Waals surface area contributed by atoms with Gasteiger partial charge in [0.25, 0.3) is 0 Å². The summed E-state index contributed by atoms with van der Waals surface area (Å²) in [5.41, 5.74) is 1.20. The van der Waals surface area contributed by atoms with Crippen LogP contribution in [0.3, 0.4) is 0 Å². The molecule has 1 aromatic rings. The molecule has 0 amide bonds. The molecule has 0 aliphatic rings. The molecule has 1 heterocycles. The zero-order valence-electron chi connectivity index (χ0n) is 7.14. The molecular formula is C8H15NO. The van der Waals surface area contributed by atoms with Crippen molar-refractivity contribution in [1.82, 2.24) is 5.16 Å². The average molecular weight is 141 g/mol. The van der Waals surface area contributed by atoms with Crippen molar-refractivity contribution in [3.05, 3.63) is 17.5 Å². The van der Waals surface area contributed by atoms with Crippen LogP contribution in [0.1, 0.15) is 32.1 Å². The summed E-state index contributed by atoms with van der Waals surface area (Å²) in [5.74, 6) is 0.938. The van der Waals surface area contributed by atoms with E-state index in [4.69, 9.17) is 4.52 Å². The lowest BCUT2D eigenvalue weighted by Gasteiger charge is -1.83. The van der Waals surface area contributed by atoms with Crippen molar-refractivity contribution in [2.24, 2.45) is 0 Å². The lowest BCUT2D eigenvalue weighted by molar-refractivity contribution is 0.396. The topological polar surface area (TPSA) is 26.0 Å². The van der Waals surface area contributed by atoms with Crippen molar-refractivity contribution in [1.29, 1.82) is 0 Å². The summed E-state index contributed by atoms with van der Waals surface area (Å²) in [6.07, 6.45) is 2.77. The molecule has 0 fully saturated rings. The highest BCUT2D eigenvalue weighted by molar-refractivity contribution is 5.10. The molecule has 1 aromatic heterocycles. The maximum absolute atomic E-state index is 4.81. The molecule has 0 atom stereocenters. The van der Waals surface area contributed by atoms with E-state index in [0.717, 1.165) is 12.2 Å². The Bertz CT molecular complexity index is 170. The largest absolute Gasteiger partial charge is 0.361 e. The summed E-state index contributed by atoms with van der Waals surface area (Å²) in [5, 5.41) is 3.62. The summed E-state index contributed by atoms with van der Waals surface area (Å²) in [6.45, 7) is 8.01. The molecule has 0 radical (unpaired) electrons. The zero-order valence-corrected chi connectivity index (χ0v) is 7.14. The van der Waals surface area contributed by atoms with Gasteiger partial charge in [-0.25, -0.2) is 0 Å². The molecule has 0 aliphatic carbocycles. The molecule has 0 bridgehead atoms. The first-order chi connectivity index (χ1) is 4.84. The van der Waals surface area contributed by atoms with E-state index in [1.807, 2.05) is 20.8 Å². The van der Waals surface area contributed by atoms with Crippen molar-refractivity contribution in [2.45, 2.75) is 34.1 Å². The molecule has 0 spiro atoms. The van der Waals surface area contributed by atoms with Crippen LogP contribution in [0.15, 0.2) is 10.7 Å². The lowest BCUT2D eigenvalue weighted by Crippen LogP contribution is -1.75. The third kappa shape index (κ3) is 2.21. The first-order valence-corrected chi connectivity index (χ1v) is 3.74. The molecule has 0 N–H and O–H groups in total. The Kier molecular flexibility index (Phi) is 4.63. The monoisotopic (exact) mass is 141 g/mol. The van der Waals surface area contributed by atoms with Gasteiger partial charge in [-0.3, -0.25) is 0 Å². The Morgan fingerprint density at radius 2 is 2.10 bits per heavy atom. The minimum absolute atomic E-state index is 0.938. The SMILES string of the molecule is CC.CCc1cnoc1C. The molecule has 10 heavy (non-hydrogen) atoms. The first-order valence-electron chi connectivity index (χ1n) is 3.74. The predicted molar refractivity (Wildman–Crippen MR) is 42.0 cm³/mol. The van der Waals surface area contributed by atoms with Gasteiger partial charge >= 0.3 is 0 Å². The van der Waals surface area contributed by atoms with E-state index in [0.29, 0.717) is 0 Å². The van der Waals surface area contributed by atoms with Crippen molar-refractivity contribution in [3.8, 4) is 0 Å². The highest BCUT2D eigenvalue weighted by Gasteiger charge is 1.96. The number of rotatable bonds is 1. The molecular weight excluding hydrogens is 126 g/mol. The number of aromatic nitrogens is 1. The predicted octanol–water partition coefficient (Wildman–Crippen LogP) is 2.57. The van der Waals surface area contributed by atoms with E-state index in [1.54, 1.807) is 6.20 Å². The Hall–Kier alpha value is -0.790. The summed E-state index contributed by atoms with van der Waals surface area (Å²) in [6, 6.07) is 0. The second kappa shape index (κ2) is 5.03. The van der Waals surface area contributed by atoms with Gasteiger partial charge in [0.15, 0.2) is 0 Å². The average Bonchev–Trinajstić information content (AvgIpc) is 2.39. The fourth-order valence-corrected chi connectivity index (χ4v) is 0.659. The molecule has 0 saturated carbocycles. The van der Waals surface area contributed by atoms with Crippen molar-refractivity contribution < 1.29 is 4.52 Å². The van der Waals surface area contributed by atoms with Gasteiger partial charge in [0.1, 0.15) is 5.76 Å². The fourth-order valence-electron chi connectivity index (χ4n) is 0.659. The third-order valence-electron chi connectivity index (χ3n) is 1.23. The van der Waals surface area contributed by atoms with Crippen molar-refractivity contribution in [2.75, 3.05) is 0 Å². The van der Waals surface area contributed by atoms with Gasteiger partial charge in [0.05, 0.1) is 6.20 Å². The quantitative estimate of drug-likeness (QED) is 0.600. The summed E-state index contributed by atoms with van der Waals surface area (Å²) < 4.78 is 4.81. The standard InChI is InChI=1S/C6H9NO.C2H6/c1-3-6-4-7-8-5(6)2;1-2/h4H,3H2,1-2H3;1-2H3. The number of aryl methyl sites for hydroxylation is 2. The van der Waals surface area contributed by atoms with Crippen LogP contribution >= 0.6 is 0 Å². The van der Waals surface area contributed by atoms with E-state index in [-0.39, 0.29) is 0 Å². The summed E-state index contributed by atoms with van der Waals surface area (Å²) in [4.78, 5) is 0. The van der Waals surface area contributed by atoms with Gasteiger partial charge in [-0.05, 0) is 13.3 Å². The normalized spacial score (nSPS) is 8.40. The Balaban J connectivity index is 0.000000371. The zero-order chi connectivity index (χ0) is 7.98. The summed E-state index contributed by atoms with van der Waals surface area (Å²) >= 11 is 0. The van der Waals surface area contributed by atoms with Crippen LogP contribution in [-0.4, -0.2) is 5.16 Å². The molecule has 0 unspecified atom stereocenters. The van der Waals surface area contributed by atoms with Crippen LogP contribution in [0.2, 0.25) is 0 Å². The first kappa shape index (κ1) is 9.21. The van der Waals surface area contributed by atoms with Gasteiger partial charge in [-0.1, -0.05) is 25.9 Å². The van der Waals surface area contributed by atoms with Crippen LogP contribution in [0.25, 0.3) is 0 Å². The number of nitrogens with zero attached hydrogens (tertiary/aromatic N) is 1. The van der Waals surface area contributed by atoms with Crippen LogP contribution in [0, 0.1) is 6.92 Å². The van der Waals surface area contributed by atoms with Gasteiger partial charge in [0, 0.05) is 5.56 Å². The van der Waals surface area contributed by atoms with Crippen LogP contribution < -0.4 is 0 Å². The molecule has 2 heteroatoms. The third-order valence-corrected chi connectivity index (χ3v) is 1.23. The van der Waals surface area contributed by atoms with Gasteiger partial charge in [0.2, 0.25) is 0 Å². The molecule has 58 valence electrons. The van der Waals surface area contributed by atoms with Gasteiger partial charge in [-0.2, -0.15) is 0 Å². The fraction of sp³-hybridized carbons (Fsp3) is 0.625. The Morgan fingerprint density at radius 3 is 2.30 bits per heavy atom. The second-order valence-electron chi connectivity index (χ2n) is 1.76. The number of hydrogen-bond acceptors (Lipinski definition) is 2. The molecule has 2 nitrogen and oxygen atoms in total. The van der Waals surface area contributed by atoms with E-state index in [9.17, 15) is 0 Å². The summed E-state index contributed by atoms with van der Waals surface area (Å²) in [7, 11) is 0. The van der Waals surface area contributed by atoms with Gasteiger partial charge < -0.3 is 4.52 Å². The number of hydrogen-bond donors (Lipinski definition) is 0. The maximum atomic E-state index is 4.81. The maximum Gasteiger partial charge on any atom is 0.136 e. The van der Waals surface area contributed by atoms with Crippen LogP contribution in [-0.2, 0) is 6.42 Å². The van der Waals surface area contributed by atoms with Crippen LogP contribution in [0.4, 0.5) is 0 Å². The Morgan fingerprint density at radius 1 is 1.50 bits per heavy atom. The van der Waals surface area contributed by atoms with E-state index >= 15 is 0 Å². The minimum Gasteiger partial charge on any atom is -0.361 e. The second-order valence-corrected chi connectivity index (χ2v) is 1.76. The smallest absolute Gasteiger partial charge is 0.136 e. The van der Waals surface area contributed by atoms with Crippen molar-refractivity contribution >= 4 is 0 Å². The molecule has 1 rings (SSSR count). The molecule has 0 aliphatic heterocycles. The van der Waals surface area contributed by atoms with Gasteiger partial charge in [-0.15, -0.1) is 0 Å². The minimum atomic E-state index is 0.938. The highest BCUT2D eigenvalue weighted by Crippen LogP contribution is 2.04.